The van der Waals surface area contributed by atoms with Crippen LogP contribution < -0.4 is 0 Å². The highest BCUT2D eigenvalue weighted by atomic mass is 35.5. The number of aromatic nitrogens is 2. The van der Waals surface area contributed by atoms with Crippen LogP contribution in [-0.2, 0) is 11.3 Å². The molecule has 2 fully saturated rings. The Bertz CT molecular complexity index is 758. The van der Waals surface area contributed by atoms with Crippen molar-refractivity contribution in [3.63, 3.8) is 0 Å². The number of benzene rings is 1. The monoisotopic (exact) mass is 390 g/mol. The zero-order chi connectivity index (χ0) is 18.8. The normalized spacial score (nSPS) is 27.3. The summed E-state index contributed by atoms with van der Waals surface area (Å²) in [5.41, 5.74) is 0.881. The molecule has 2 aromatic rings. The fourth-order valence-corrected chi connectivity index (χ4v) is 4.47. The average Bonchev–Trinajstić information content (AvgIpc) is 3.24. The molecule has 0 spiro atoms. The van der Waals surface area contributed by atoms with Crippen molar-refractivity contribution >= 4 is 11.6 Å². The van der Waals surface area contributed by atoms with Gasteiger partial charge in [0.25, 0.3) is 0 Å². The highest BCUT2D eigenvalue weighted by molar-refractivity contribution is 6.30. The lowest BCUT2D eigenvalue weighted by Gasteiger charge is -2.38. The van der Waals surface area contributed by atoms with E-state index < -0.39 is 0 Å². The van der Waals surface area contributed by atoms with Gasteiger partial charge in [0.1, 0.15) is 0 Å². The molecule has 0 radical (unpaired) electrons. The highest BCUT2D eigenvalue weighted by Gasteiger charge is 2.30. The fourth-order valence-electron chi connectivity index (χ4n) is 4.28. The Balaban J connectivity index is 1.38. The van der Waals surface area contributed by atoms with E-state index in [1.54, 1.807) is 0 Å². The number of ether oxygens (including phenoxy) is 1. The van der Waals surface area contributed by atoms with Gasteiger partial charge in [0.15, 0.2) is 0 Å². The van der Waals surface area contributed by atoms with Gasteiger partial charge in [-0.2, -0.15) is 4.98 Å². The summed E-state index contributed by atoms with van der Waals surface area (Å²) in [6, 6.07) is 8.07. The van der Waals surface area contributed by atoms with Gasteiger partial charge in [-0.25, -0.2) is 0 Å². The van der Waals surface area contributed by atoms with E-state index in [2.05, 4.69) is 33.8 Å². The Morgan fingerprint density at radius 3 is 2.81 bits per heavy atom. The molecule has 0 aliphatic carbocycles. The van der Waals surface area contributed by atoms with Crippen LogP contribution in [0.25, 0.3) is 11.4 Å². The Kier molecular flexibility index (Phi) is 5.78. The highest BCUT2D eigenvalue weighted by Crippen LogP contribution is 2.24. The van der Waals surface area contributed by atoms with Gasteiger partial charge in [0, 0.05) is 36.3 Å². The van der Waals surface area contributed by atoms with Gasteiger partial charge < -0.3 is 9.26 Å². The van der Waals surface area contributed by atoms with Gasteiger partial charge in [0.2, 0.25) is 11.7 Å². The number of rotatable bonds is 5. The van der Waals surface area contributed by atoms with E-state index in [9.17, 15) is 0 Å². The van der Waals surface area contributed by atoms with Crippen LogP contribution in [0.1, 0.15) is 32.6 Å². The predicted molar refractivity (Wildman–Crippen MR) is 105 cm³/mol. The van der Waals surface area contributed by atoms with Crippen molar-refractivity contribution in [2.45, 2.75) is 51.5 Å². The van der Waals surface area contributed by atoms with Gasteiger partial charge in [-0.05, 0) is 45.4 Å². The molecule has 146 valence electrons. The summed E-state index contributed by atoms with van der Waals surface area (Å²) < 4.78 is 11.4. The van der Waals surface area contributed by atoms with Gasteiger partial charge in [-0.3, -0.25) is 9.80 Å². The summed E-state index contributed by atoms with van der Waals surface area (Å²) in [5, 5.41) is 4.81. The fraction of sp³-hybridized carbons (Fsp3) is 0.600. The van der Waals surface area contributed by atoms with Crippen LogP contribution in [0.4, 0.5) is 0 Å². The van der Waals surface area contributed by atoms with Crippen LogP contribution in [0.5, 0.6) is 0 Å². The number of morpholine rings is 1. The largest absolute Gasteiger partial charge is 0.373 e. The number of hydrogen-bond acceptors (Lipinski definition) is 6. The Hall–Kier alpha value is -1.47. The quantitative estimate of drug-likeness (QED) is 0.779. The summed E-state index contributed by atoms with van der Waals surface area (Å²) in [7, 11) is 0. The van der Waals surface area contributed by atoms with Crippen LogP contribution in [-0.4, -0.2) is 64.4 Å². The zero-order valence-corrected chi connectivity index (χ0v) is 16.7. The standard InChI is InChI=1S/C20H27ClN4O2/c1-14-10-24(11-15(2)26-14)12-18-7-4-8-25(18)13-19-22-20(23-27-19)16-5-3-6-17(21)9-16/h3,5-6,9,14-15,18H,4,7-8,10-13H2,1-2H3. The first-order valence-corrected chi connectivity index (χ1v) is 10.1. The van der Waals surface area contributed by atoms with Crippen molar-refractivity contribution in [3.05, 3.63) is 35.2 Å². The van der Waals surface area contributed by atoms with E-state index in [1.165, 1.54) is 12.8 Å². The van der Waals surface area contributed by atoms with E-state index in [0.717, 1.165) is 31.7 Å². The van der Waals surface area contributed by atoms with Crippen molar-refractivity contribution in [2.75, 3.05) is 26.2 Å². The first-order chi connectivity index (χ1) is 13.1. The molecule has 2 saturated heterocycles. The first kappa shape index (κ1) is 18.9. The van der Waals surface area contributed by atoms with E-state index >= 15 is 0 Å². The molecule has 1 aromatic carbocycles. The number of nitrogens with zero attached hydrogens (tertiary/aromatic N) is 4. The van der Waals surface area contributed by atoms with E-state index in [4.69, 9.17) is 20.9 Å². The zero-order valence-electron chi connectivity index (χ0n) is 16.0. The number of likely N-dealkylation sites (tertiary alicyclic amines) is 1. The molecule has 3 heterocycles. The first-order valence-electron chi connectivity index (χ1n) is 9.77. The lowest BCUT2D eigenvalue weighted by atomic mass is 10.1. The van der Waals surface area contributed by atoms with Gasteiger partial charge in [-0.1, -0.05) is 28.9 Å². The van der Waals surface area contributed by atoms with Crippen molar-refractivity contribution in [2.24, 2.45) is 0 Å². The predicted octanol–water partition coefficient (Wildman–Crippen LogP) is 3.46. The lowest BCUT2D eigenvalue weighted by Crippen LogP contribution is -2.50. The molecule has 7 heteroatoms. The Morgan fingerprint density at radius 2 is 2.04 bits per heavy atom. The summed E-state index contributed by atoms with van der Waals surface area (Å²) in [5.74, 6) is 1.26. The van der Waals surface area contributed by atoms with Crippen molar-refractivity contribution in [1.29, 1.82) is 0 Å². The SMILES string of the molecule is CC1CN(CC2CCCN2Cc2nc(-c3cccc(Cl)c3)no2)CC(C)O1. The molecule has 2 aliphatic heterocycles. The minimum absolute atomic E-state index is 0.305. The van der Waals surface area contributed by atoms with Gasteiger partial charge in [-0.15, -0.1) is 0 Å². The smallest absolute Gasteiger partial charge is 0.241 e. The van der Waals surface area contributed by atoms with Crippen molar-refractivity contribution in [3.8, 4) is 11.4 Å². The van der Waals surface area contributed by atoms with E-state index in [0.29, 0.717) is 41.5 Å². The van der Waals surface area contributed by atoms with Crippen LogP contribution in [0.15, 0.2) is 28.8 Å². The summed E-state index contributed by atoms with van der Waals surface area (Å²) >= 11 is 6.06. The number of hydrogen-bond donors (Lipinski definition) is 0. The lowest BCUT2D eigenvalue weighted by molar-refractivity contribution is -0.0726. The van der Waals surface area contributed by atoms with Crippen LogP contribution in [0.2, 0.25) is 5.02 Å². The topological polar surface area (TPSA) is 54.6 Å². The second-order valence-corrected chi connectivity index (χ2v) is 8.20. The third kappa shape index (κ3) is 4.69. The summed E-state index contributed by atoms with van der Waals surface area (Å²) in [6.07, 6.45) is 3.05. The van der Waals surface area contributed by atoms with Crippen molar-refractivity contribution < 1.29 is 9.26 Å². The molecule has 0 amide bonds. The molecule has 0 bridgehead atoms. The van der Waals surface area contributed by atoms with Crippen LogP contribution >= 0.6 is 11.6 Å². The molecule has 3 unspecified atom stereocenters. The molecule has 27 heavy (non-hydrogen) atoms. The Labute approximate surface area is 165 Å². The second-order valence-electron chi connectivity index (χ2n) is 7.76. The molecule has 0 saturated carbocycles. The van der Waals surface area contributed by atoms with Gasteiger partial charge >= 0.3 is 0 Å². The maximum absolute atomic E-state index is 6.06. The maximum atomic E-state index is 6.06. The van der Waals surface area contributed by atoms with Crippen LogP contribution in [0, 0.1) is 0 Å². The average molecular weight is 391 g/mol. The molecular formula is C20H27ClN4O2. The molecule has 4 rings (SSSR count). The molecule has 6 nitrogen and oxygen atoms in total. The second kappa shape index (κ2) is 8.27. The molecular weight excluding hydrogens is 364 g/mol. The molecule has 3 atom stereocenters. The summed E-state index contributed by atoms with van der Waals surface area (Å²) in [4.78, 5) is 9.59. The van der Waals surface area contributed by atoms with Crippen molar-refractivity contribution in [1.82, 2.24) is 19.9 Å². The maximum Gasteiger partial charge on any atom is 0.241 e. The Morgan fingerprint density at radius 1 is 1.22 bits per heavy atom. The van der Waals surface area contributed by atoms with E-state index in [1.807, 2.05) is 24.3 Å². The van der Waals surface area contributed by atoms with Crippen LogP contribution in [0.3, 0.4) is 0 Å². The molecule has 2 aliphatic rings. The molecule has 1 aromatic heterocycles. The minimum atomic E-state index is 0.305. The third-order valence-electron chi connectivity index (χ3n) is 5.35. The van der Waals surface area contributed by atoms with E-state index in [-0.39, 0.29) is 0 Å². The molecule has 0 N–H and O–H groups in total. The summed E-state index contributed by atoms with van der Waals surface area (Å²) in [6.45, 7) is 9.19. The number of halogens is 1. The third-order valence-corrected chi connectivity index (χ3v) is 5.59. The van der Waals surface area contributed by atoms with Gasteiger partial charge in [0.05, 0.1) is 18.8 Å². The minimum Gasteiger partial charge on any atom is -0.373 e.